The molecule has 2 heterocycles. The molecule has 0 radical (unpaired) electrons. The number of hydrogen-bond donors (Lipinski definition) is 1. The Labute approximate surface area is 131 Å². The lowest BCUT2D eigenvalue weighted by atomic mass is 10.1. The maximum atomic E-state index is 12.4. The highest BCUT2D eigenvalue weighted by Gasteiger charge is 2.34. The summed E-state index contributed by atoms with van der Waals surface area (Å²) < 4.78 is 5.48. The Balaban J connectivity index is 2.19. The number of aromatic nitrogens is 4. The van der Waals surface area contributed by atoms with Gasteiger partial charge in [0, 0.05) is 19.6 Å². The zero-order valence-corrected chi connectivity index (χ0v) is 14.3. The number of ether oxygens (including phenoxy) is 1. The van der Waals surface area contributed by atoms with Gasteiger partial charge in [-0.3, -0.25) is 4.90 Å². The quantitative estimate of drug-likeness (QED) is 0.842. The molecule has 0 saturated carbocycles. The Kier molecular flexibility index (Phi) is 4.42. The molecule has 2 rings (SSSR count). The molecule has 1 aromatic rings. The van der Waals surface area contributed by atoms with E-state index in [0.29, 0.717) is 18.9 Å². The highest BCUT2D eigenvalue weighted by atomic mass is 16.6. The van der Waals surface area contributed by atoms with Crippen LogP contribution in [0.4, 0.5) is 4.79 Å². The molecule has 8 heteroatoms. The molecule has 1 saturated heterocycles. The van der Waals surface area contributed by atoms with E-state index < -0.39 is 5.60 Å². The van der Waals surface area contributed by atoms with Crippen molar-refractivity contribution in [2.75, 3.05) is 19.6 Å². The number of piperazine rings is 1. The largest absolute Gasteiger partial charge is 0.444 e. The maximum absolute atomic E-state index is 12.4. The smallest absolute Gasteiger partial charge is 0.411 e. The summed E-state index contributed by atoms with van der Waals surface area (Å²) in [6, 6.07) is -0.264. The SMILES string of the molecule is CC(C)(C)OC(=O)N1CCNCC1c1nnn(C(C)(C)C)n1. The van der Waals surface area contributed by atoms with E-state index in [-0.39, 0.29) is 17.7 Å². The molecule has 1 amide bonds. The van der Waals surface area contributed by atoms with Crippen LogP contribution < -0.4 is 5.32 Å². The monoisotopic (exact) mass is 310 g/mol. The first-order valence-corrected chi connectivity index (χ1v) is 7.59. The first-order valence-electron chi connectivity index (χ1n) is 7.59. The lowest BCUT2D eigenvalue weighted by Crippen LogP contribution is -2.50. The van der Waals surface area contributed by atoms with Crippen molar-refractivity contribution in [1.82, 2.24) is 30.4 Å². The summed E-state index contributed by atoms with van der Waals surface area (Å²) in [5.74, 6) is 0.535. The predicted octanol–water partition coefficient (Wildman–Crippen LogP) is 1.31. The maximum Gasteiger partial charge on any atom is 0.411 e. The van der Waals surface area contributed by atoms with Gasteiger partial charge in [-0.1, -0.05) is 0 Å². The molecule has 0 bridgehead atoms. The summed E-state index contributed by atoms with van der Waals surface area (Å²) in [7, 11) is 0. The number of amides is 1. The van der Waals surface area contributed by atoms with Crippen LogP contribution in [-0.2, 0) is 10.3 Å². The fourth-order valence-electron chi connectivity index (χ4n) is 2.12. The van der Waals surface area contributed by atoms with E-state index in [1.165, 1.54) is 0 Å². The second kappa shape index (κ2) is 5.83. The molecule has 8 nitrogen and oxygen atoms in total. The zero-order chi connectivity index (χ0) is 16.5. The van der Waals surface area contributed by atoms with E-state index in [0.717, 1.165) is 6.54 Å². The van der Waals surface area contributed by atoms with Gasteiger partial charge in [-0.2, -0.15) is 4.80 Å². The number of rotatable bonds is 1. The molecule has 1 fully saturated rings. The Hall–Kier alpha value is -1.70. The number of nitrogens with one attached hydrogen (secondary N) is 1. The van der Waals surface area contributed by atoms with Crippen molar-refractivity contribution in [1.29, 1.82) is 0 Å². The molecule has 1 N–H and O–H groups in total. The average Bonchev–Trinajstić information content (AvgIpc) is 2.86. The van der Waals surface area contributed by atoms with Crippen LogP contribution in [0.3, 0.4) is 0 Å². The van der Waals surface area contributed by atoms with E-state index in [4.69, 9.17) is 4.74 Å². The van der Waals surface area contributed by atoms with E-state index in [9.17, 15) is 4.79 Å². The Morgan fingerprint density at radius 2 is 1.95 bits per heavy atom. The predicted molar refractivity (Wildman–Crippen MR) is 81.4 cm³/mol. The summed E-state index contributed by atoms with van der Waals surface area (Å²) in [6.07, 6.45) is -0.342. The van der Waals surface area contributed by atoms with Crippen molar-refractivity contribution in [2.45, 2.75) is 58.7 Å². The second-order valence-electron chi connectivity index (χ2n) is 7.50. The van der Waals surface area contributed by atoms with Gasteiger partial charge in [-0.15, -0.1) is 10.2 Å². The fourth-order valence-corrected chi connectivity index (χ4v) is 2.12. The van der Waals surface area contributed by atoms with Crippen molar-refractivity contribution >= 4 is 6.09 Å². The topological polar surface area (TPSA) is 85.2 Å². The van der Waals surface area contributed by atoms with Gasteiger partial charge in [-0.25, -0.2) is 4.79 Å². The molecule has 0 aromatic carbocycles. The van der Waals surface area contributed by atoms with Crippen LogP contribution in [0, 0.1) is 0 Å². The number of hydrogen-bond acceptors (Lipinski definition) is 6. The molecule has 0 aliphatic carbocycles. The summed E-state index contributed by atoms with van der Waals surface area (Å²) in [6.45, 7) is 13.5. The number of carbonyl (C=O) groups excluding carboxylic acids is 1. The molecular formula is C14H26N6O2. The van der Waals surface area contributed by atoms with Gasteiger partial charge in [0.2, 0.25) is 0 Å². The molecule has 1 aromatic heterocycles. The van der Waals surface area contributed by atoms with Crippen LogP contribution in [0.15, 0.2) is 0 Å². The summed E-state index contributed by atoms with van der Waals surface area (Å²) in [5, 5.41) is 15.9. The molecule has 1 aliphatic heterocycles. The lowest BCUT2D eigenvalue weighted by molar-refractivity contribution is 0.0107. The second-order valence-corrected chi connectivity index (χ2v) is 7.50. The number of tetrazole rings is 1. The summed E-state index contributed by atoms with van der Waals surface area (Å²) >= 11 is 0. The highest BCUT2D eigenvalue weighted by molar-refractivity contribution is 5.68. The van der Waals surface area contributed by atoms with Crippen LogP contribution >= 0.6 is 0 Å². The van der Waals surface area contributed by atoms with Gasteiger partial charge in [0.15, 0.2) is 5.82 Å². The molecular weight excluding hydrogens is 284 g/mol. The van der Waals surface area contributed by atoms with Crippen LogP contribution in [0.2, 0.25) is 0 Å². The van der Waals surface area contributed by atoms with Gasteiger partial charge < -0.3 is 10.1 Å². The first-order chi connectivity index (χ1) is 10.1. The van der Waals surface area contributed by atoms with Crippen molar-refractivity contribution in [3.63, 3.8) is 0 Å². The van der Waals surface area contributed by atoms with E-state index in [2.05, 4.69) is 20.7 Å². The lowest BCUT2D eigenvalue weighted by Gasteiger charge is -2.35. The third-order valence-corrected chi connectivity index (χ3v) is 3.20. The van der Waals surface area contributed by atoms with Crippen molar-refractivity contribution in [3.8, 4) is 0 Å². The summed E-state index contributed by atoms with van der Waals surface area (Å²) in [4.78, 5) is 15.6. The van der Waals surface area contributed by atoms with E-state index >= 15 is 0 Å². The van der Waals surface area contributed by atoms with Gasteiger partial charge >= 0.3 is 6.09 Å². The molecule has 1 aliphatic rings. The third kappa shape index (κ3) is 3.94. The number of nitrogens with zero attached hydrogens (tertiary/aromatic N) is 5. The van der Waals surface area contributed by atoms with Crippen molar-refractivity contribution in [3.05, 3.63) is 5.82 Å². The Morgan fingerprint density at radius 3 is 2.50 bits per heavy atom. The molecule has 1 atom stereocenters. The molecule has 22 heavy (non-hydrogen) atoms. The number of carbonyl (C=O) groups is 1. The van der Waals surface area contributed by atoms with Gasteiger partial charge in [0.05, 0.1) is 5.54 Å². The van der Waals surface area contributed by atoms with E-state index in [1.807, 2.05) is 41.5 Å². The standard InChI is InChI=1S/C14H26N6O2/c1-13(2,3)20-17-11(16-18-20)10-9-15-7-8-19(10)12(21)22-14(4,5)6/h10,15H,7-9H2,1-6H3. The molecule has 1 unspecified atom stereocenters. The van der Waals surface area contributed by atoms with Crippen molar-refractivity contribution < 1.29 is 9.53 Å². The fraction of sp³-hybridized carbons (Fsp3) is 0.857. The van der Waals surface area contributed by atoms with E-state index in [1.54, 1.807) is 9.70 Å². The zero-order valence-electron chi connectivity index (χ0n) is 14.3. The average molecular weight is 310 g/mol. The molecule has 124 valence electrons. The minimum absolute atomic E-state index is 0.246. The van der Waals surface area contributed by atoms with Crippen LogP contribution in [-0.4, -0.2) is 56.4 Å². The van der Waals surface area contributed by atoms with Gasteiger partial charge in [-0.05, 0) is 46.8 Å². The minimum Gasteiger partial charge on any atom is -0.444 e. The first kappa shape index (κ1) is 16.7. The van der Waals surface area contributed by atoms with Crippen LogP contribution in [0.25, 0.3) is 0 Å². The van der Waals surface area contributed by atoms with Crippen LogP contribution in [0.1, 0.15) is 53.4 Å². The minimum atomic E-state index is -0.525. The summed E-state index contributed by atoms with van der Waals surface area (Å²) in [5.41, 5.74) is -0.771. The van der Waals surface area contributed by atoms with Gasteiger partial charge in [0.1, 0.15) is 11.6 Å². The normalized spacial score (nSPS) is 20.1. The van der Waals surface area contributed by atoms with Crippen LogP contribution in [0.5, 0.6) is 0 Å². The Bertz CT molecular complexity index is 528. The third-order valence-electron chi connectivity index (χ3n) is 3.20. The van der Waals surface area contributed by atoms with Crippen molar-refractivity contribution in [2.24, 2.45) is 0 Å². The Morgan fingerprint density at radius 1 is 1.27 bits per heavy atom. The van der Waals surface area contributed by atoms with Gasteiger partial charge in [0.25, 0.3) is 0 Å². The molecule has 0 spiro atoms. The highest BCUT2D eigenvalue weighted by Crippen LogP contribution is 2.22.